The molecular formula is C39H31ClN4O3S2. The van der Waals surface area contributed by atoms with Gasteiger partial charge < -0.3 is 16.0 Å². The molecule has 0 fully saturated rings. The first-order valence-corrected chi connectivity index (χ1v) is 17.8. The molecule has 6 rings (SSSR count). The van der Waals surface area contributed by atoms with Gasteiger partial charge in [0.2, 0.25) is 5.91 Å². The highest BCUT2D eigenvalue weighted by Crippen LogP contribution is 2.41. The maximum atomic E-state index is 13.9. The zero-order valence-electron chi connectivity index (χ0n) is 26.2. The zero-order chi connectivity index (χ0) is 34.2. The number of nitrogens with one attached hydrogen (secondary N) is 3. The molecule has 4 aromatic carbocycles. The topological polar surface area (TPSA) is 111 Å². The number of hydrogen-bond donors (Lipinski definition) is 3. The Labute approximate surface area is 298 Å². The van der Waals surface area contributed by atoms with E-state index in [2.05, 4.69) is 22.0 Å². The Hall–Kier alpha value is -5.14. The lowest BCUT2D eigenvalue weighted by Crippen LogP contribution is -2.30. The van der Waals surface area contributed by atoms with E-state index in [1.165, 1.54) is 28.0 Å². The number of hydrogen-bond acceptors (Lipinski definition) is 6. The van der Waals surface area contributed by atoms with Crippen LogP contribution in [-0.2, 0) is 22.4 Å². The monoisotopic (exact) mass is 702 g/mol. The van der Waals surface area contributed by atoms with Crippen molar-refractivity contribution in [3.63, 3.8) is 0 Å². The summed E-state index contributed by atoms with van der Waals surface area (Å²) in [6.45, 7) is 0. The molecule has 1 aromatic heterocycles. The van der Waals surface area contributed by atoms with Crippen molar-refractivity contribution in [2.24, 2.45) is 0 Å². The fourth-order valence-corrected chi connectivity index (χ4v) is 8.06. The number of nitriles is 1. The van der Waals surface area contributed by atoms with Crippen molar-refractivity contribution in [1.29, 1.82) is 5.26 Å². The first kappa shape index (κ1) is 33.7. The highest BCUT2D eigenvalue weighted by molar-refractivity contribution is 8.00. The molecule has 1 aliphatic carbocycles. The molecule has 49 heavy (non-hydrogen) atoms. The molecule has 0 spiro atoms. The smallest absolute Gasteiger partial charge is 0.272 e. The number of halogens is 1. The van der Waals surface area contributed by atoms with Gasteiger partial charge in [-0.05, 0) is 90.9 Å². The minimum Gasteiger partial charge on any atom is -0.321 e. The van der Waals surface area contributed by atoms with Gasteiger partial charge in [-0.1, -0.05) is 78.3 Å². The number of benzene rings is 4. The molecule has 7 nitrogen and oxygen atoms in total. The first-order chi connectivity index (χ1) is 23.9. The van der Waals surface area contributed by atoms with Gasteiger partial charge in [-0.15, -0.1) is 23.1 Å². The van der Waals surface area contributed by atoms with Gasteiger partial charge in [0, 0.05) is 26.0 Å². The van der Waals surface area contributed by atoms with Crippen LogP contribution in [0.4, 0.5) is 10.7 Å². The molecule has 3 amide bonds. The van der Waals surface area contributed by atoms with Crippen molar-refractivity contribution in [3.8, 4) is 6.07 Å². The Kier molecular flexibility index (Phi) is 10.9. The maximum Gasteiger partial charge on any atom is 0.272 e. The summed E-state index contributed by atoms with van der Waals surface area (Å²) in [4.78, 5) is 42.5. The number of fused-ring (bicyclic) bond motifs is 1. The number of anilines is 2. The van der Waals surface area contributed by atoms with Crippen LogP contribution in [0, 0.1) is 11.3 Å². The lowest BCUT2D eigenvalue weighted by molar-refractivity contribution is -0.116. The van der Waals surface area contributed by atoms with Crippen LogP contribution in [0.1, 0.15) is 55.6 Å². The van der Waals surface area contributed by atoms with Crippen molar-refractivity contribution in [2.45, 2.75) is 35.8 Å². The Morgan fingerprint density at radius 2 is 1.59 bits per heavy atom. The summed E-state index contributed by atoms with van der Waals surface area (Å²) in [6, 6.07) is 34.6. The molecular weight excluding hydrogens is 672 g/mol. The molecule has 0 bridgehead atoms. The third-order valence-corrected chi connectivity index (χ3v) is 10.6. The summed E-state index contributed by atoms with van der Waals surface area (Å²) in [5.74, 6) is -1.21. The lowest BCUT2D eigenvalue weighted by atomic mass is 9.96. The number of rotatable bonds is 10. The molecule has 1 atom stereocenters. The second-order valence-electron chi connectivity index (χ2n) is 11.3. The number of thioether (sulfide) groups is 1. The van der Waals surface area contributed by atoms with Crippen LogP contribution in [0.2, 0.25) is 5.02 Å². The molecule has 1 unspecified atom stereocenters. The second-order valence-corrected chi connectivity index (χ2v) is 14.1. The molecule has 1 aliphatic rings. The average Bonchev–Trinajstić information content (AvgIpc) is 3.48. The highest BCUT2D eigenvalue weighted by Gasteiger charge is 2.27. The second kappa shape index (κ2) is 15.8. The van der Waals surface area contributed by atoms with Crippen LogP contribution in [-0.4, -0.2) is 17.7 Å². The normalized spacial score (nSPS) is 13.0. The number of amides is 3. The van der Waals surface area contributed by atoms with Crippen molar-refractivity contribution >= 4 is 69.2 Å². The number of carbonyl (C=O) groups excluding carboxylic acids is 3. The van der Waals surface area contributed by atoms with Crippen LogP contribution < -0.4 is 16.0 Å². The Balaban J connectivity index is 1.24. The average molecular weight is 703 g/mol. The van der Waals surface area contributed by atoms with Gasteiger partial charge in [0.25, 0.3) is 11.8 Å². The minimum atomic E-state index is -0.638. The fourth-order valence-electron chi connectivity index (χ4n) is 5.54. The predicted octanol–water partition coefficient (Wildman–Crippen LogP) is 9.03. The third-order valence-electron chi connectivity index (χ3n) is 7.89. The van der Waals surface area contributed by atoms with Gasteiger partial charge >= 0.3 is 0 Å². The van der Waals surface area contributed by atoms with E-state index < -0.39 is 17.1 Å². The van der Waals surface area contributed by atoms with Gasteiger partial charge in [-0.3, -0.25) is 14.4 Å². The minimum absolute atomic E-state index is 0.0302. The van der Waals surface area contributed by atoms with Crippen molar-refractivity contribution in [2.75, 3.05) is 10.6 Å². The quantitative estimate of drug-likeness (QED) is 0.0994. The van der Waals surface area contributed by atoms with Crippen molar-refractivity contribution in [3.05, 3.63) is 153 Å². The lowest BCUT2D eigenvalue weighted by Gasteiger charge is -2.17. The van der Waals surface area contributed by atoms with Gasteiger partial charge in [-0.25, -0.2) is 0 Å². The number of aryl methyl sites for hydroxylation is 1. The number of thiophene rings is 1. The Morgan fingerprint density at radius 3 is 2.35 bits per heavy atom. The molecule has 0 aliphatic heterocycles. The Morgan fingerprint density at radius 1 is 0.857 bits per heavy atom. The predicted molar refractivity (Wildman–Crippen MR) is 198 cm³/mol. The van der Waals surface area contributed by atoms with E-state index in [-0.39, 0.29) is 11.6 Å². The molecule has 244 valence electrons. The largest absolute Gasteiger partial charge is 0.321 e. The SMILES string of the molecule is N#Cc1c(NC(=O)C(Sc2cccc(NC(=O)/C(=C/c3cccc(Cl)c3)NC(=O)c3ccccc3)c2)c2ccccc2)sc2c1CCCC2. The van der Waals surface area contributed by atoms with E-state index in [4.69, 9.17) is 11.6 Å². The van der Waals surface area contributed by atoms with Crippen LogP contribution in [0.3, 0.4) is 0 Å². The molecule has 0 saturated carbocycles. The van der Waals surface area contributed by atoms with E-state index in [9.17, 15) is 19.6 Å². The van der Waals surface area contributed by atoms with Gasteiger partial charge in [-0.2, -0.15) is 5.26 Å². The summed E-state index contributed by atoms with van der Waals surface area (Å²) in [6.07, 6.45) is 5.46. The van der Waals surface area contributed by atoms with Crippen LogP contribution in [0.5, 0.6) is 0 Å². The molecule has 10 heteroatoms. The zero-order valence-corrected chi connectivity index (χ0v) is 28.6. The Bertz CT molecular complexity index is 2070. The standard InChI is InChI=1S/C39H31ClN4O3S2/c40-28-16-9-11-25(21-28)22-33(43-36(45)27-14-5-2-6-15-27)37(46)42-29-17-10-18-30(23-29)48-35(26-12-3-1-4-13-26)38(47)44-39-32(24-41)31-19-7-8-20-34(31)49-39/h1-6,9-18,21-23,35H,7-8,19-20H2,(H,42,46)(H,43,45)(H,44,47)/b33-22-. The van der Waals surface area contributed by atoms with E-state index in [1.807, 2.05) is 42.5 Å². The van der Waals surface area contributed by atoms with E-state index >= 15 is 0 Å². The number of carbonyl (C=O) groups is 3. The fraction of sp³-hybridized carbons (Fsp3) is 0.128. The first-order valence-electron chi connectivity index (χ1n) is 15.7. The molecule has 0 radical (unpaired) electrons. The van der Waals surface area contributed by atoms with Crippen molar-refractivity contribution < 1.29 is 14.4 Å². The number of nitrogens with zero attached hydrogens (tertiary/aromatic N) is 1. The van der Waals surface area contributed by atoms with Gasteiger partial charge in [0.05, 0.1) is 5.56 Å². The van der Waals surface area contributed by atoms with E-state index in [1.54, 1.807) is 72.8 Å². The molecule has 3 N–H and O–H groups in total. The van der Waals surface area contributed by atoms with Gasteiger partial charge in [0.1, 0.15) is 22.0 Å². The van der Waals surface area contributed by atoms with Gasteiger partial charge in [0.15, 0.2) is 0 Å². The van der Waals surface area contributed by atoms with E-state index in [0.29, 0.717) is 32.4 Å². The van der Waals surface area contributed by atoms with Crippen LogP contribution in [0.25, 0.3) is 6.08 Å². The van der Waals surface area contributed by atoms with Crippen LogP contribution >= 0.6 is 34.7 Å². The summed E-state index contributed by atoms with van der Waals surface area (Å²) in [7, 11) is 0. The van der Waals surface area contributed by atoms with Crippen LogP contribution in [0.15, 0.2) is 120 Å². The summed E-state index contributed by atoms with van der Waals surface area (Å²) >= 11 is 9.02. The van der Waals surface area contributed by atoms with E-state index in [0.717, 1.165) is 41.7 Å². The maximum absolute atomic E-state index is 13.9. The summed E-state index contributed by atoms with van der Waals surface area (Å²) in [5, 5.41) is 19.1. The molecule has 1 heterocycles. The highest BCUT2D eigenvalue weighted by atomic mass is 35.5. The van der Waals surface area contributed by atoms with Crippen molar-refractivity contribution in [1.82, 2.24) is 5.32 Å². The summed E-state index contributed by atoms with van der Waals surface area (Å²) < 4.78 is 0. The molecule has 5 aromatic rings. The third kappa shape index (κ3) is 8.48. The molecule has 0 saturated heterocycles. The summed E-state index contributed by atoms with van der Waals surface area (Å²) in [5.41, 5.74) is 3.97.